The van der Waals surface area contributed by atoms with Crippen molar-refractivity contribution < 1.29 is 12.8 Å². The second-order valence-corrected chi connectivity index (χ2v) is 4.94. The monoisotopic (exact) mass is 217 g/mol. The summed E-state index contributed by atoms with van der Waals surface area (Å²) in [5.74, 6) is -0.833. The second kappa shape index (κ2) is 4.06. The van der Waals surface area contributed by atoms with Crippen LogP contribution in [-0.4, -0.2) is 14.2 Å². The molecule has 1 aromatic carbocycles. The highest BCUT2D eigenvalue weighted by Gasteiger charge is 2.13. The van der Waals surface area contributed by atoms with Crippen LogP contribution in [0.15, 0.2) is 24.3 Å². The van der Waals surface area contributed by atoms with Crippen LogP contribution in [0.1, 0.15) is 18.4 Å². The third kappa shape index (κ3) is 3.43. The molecule has 0 spiro atoms. The molecule has 0 aliphatic heterocycles. The molecule has 14 heavy (non-hydrogen) atoms. The van der Waals surface area contributed by atoms with Gasteiger partial charge in [0.2, 0.25) is 10.0 Å². The first-order valence-electron chi connectivity index (χ1n) is 4.14. The van der Waals surface area contributed by atoms with E-state index in [-0.39, 0.29) is 17.5 Å². The number of benzene rings is 1. The van der Waals surface area contributed by atoms with Gasteiger partial charge in [-0.1, -0.05) is 19.1 Å². The van der Waals surface area contributed by atoms with Gasteiger partial charge in [-0.15, -0.1) is 0 Å². The smallest absolute Gasteiger partial charge is 0.209 e. The first-order valence-corrected chi connectivity index (χ1v) is 5.86. The summed E-state index contributed by atoms with van der Waals surface area (Å²) in [4.78, 5) is 0. The van der Waals surface area contributed by atoms with Crippen molar-refractivity contribution in [3.8, 4) is 0 Å². The topological polar surface area (TPSA) is 60.2 Å². The zero-order valence-electron chi connectivity index (χ0n) is 7.77. The molecule has 0 radical (unpaired) electrons. The quantitative estimate of drug-likeness (QED) is 0.827. The molecule has 1 unspecified atom stereocenters. The van der Waals surface area contributed by atoms with Crippen molar-refractivity contribution in [3.05, 3.63) is 35.6 Å². The van der Waals surface area contributed by atoms with Crippen molar-refractivity contribution in [1.29, 1.82) is 0 Å². The molecule has 0 saturated heterocycles. The molecule has 0 fully saturated rings. The molecule has 0 amide bonds. The average molecular weight is 217 g/mol. The highest BCUT2D eigenvalue weighted by molar-refractivity contribution is 7.89. The molecule has 1 aromatic rings. The number of nitrogens with two attached hydrogens (primary N) is 1. The van der Waals surface area contributed by atoms with Crippen LogP contribution in [0.25, 0.3) is 0 Å². The summed E-state index contributed by atoms with van der Waals surface area (Å²) in [6.07, 6.45) is 0. The van der Waals surface area contributed by atoms with Crippen LogP contribution in [-0.2, 0) is 10.0 Å². The van der Waals surface area contributed by atoms with Gasteiger partial charge in [0.1, 0.15) is 5.82 Å². The third-order valence-electron chi connectivity index (χ3n) is 1.90. The van der Waals surface area contributed by atoms with E-state index in [1.54, 1.807) is 19.1 Å². The van der Waals surface area contributed by atoms with Crippen LogP contribution in [0.4, 0.5) is 4.39 Å². The van der Waals surface area contributed by atoms with Gasteiger partial charge in [-0.3, -0.25) is 0 Å². The lowest BCUT2D eigenvalue weighted by molar-refractivity contribution is 0.590. The first kappa shape index (κ1) is 11.1. The van der Waals surface area contributed by atoms with Gasteiger partial charge in [-0.05, 0) is 23.6 Å². The van der Waals surface area contributed by atoms with Gasteiger partial charge in [0, 0.05) is 0 Å². The Kier molecular flexibility index (Phi) is 3.23. The van der Waals surface area contributed by atoms with Crippen molar-refractivity contribution >= 4 is 10.0 Å². The lowest BCUT2D eigenvalue weighted by Crippen LogP contribution is -2.20. The molecule has 0 bridgehead atoms. The van der Waals surface area contributed by atoms with Gasteiger partial charge in [0.05, 0.1) is 5.75 Å². The minimum Gasteiger partial charge on any atom is -0.229 e. The highest BCUT2D eigenvalue weighted by atomic mass is 32.2. The van der Waals surface area contributed by atoms with Crippen LogP contribution in [0.2, 0.25) is 0 Å². The van der Waals surface area contributed by atoms with Crippen molar-refractivity contribution in [2.75, 3.05) is 5.75 Å². The first-order chi connectivity index (χ1) is 6.38. The maximum Gasteiger partial charge on any atom is 0.209 e. The SMILES string of the molecule is CC(CS(N)(=O)=O)c1cccc(F)c1. The molecule has 0 saturated carbocycles. The summed E-state index contributed by atoms with van der Waals surface area (Å²) in [6, 6.07) is 5.85. The molecule has 1 rings (SSSR count). The Bertz CT molecular complexity index is 417. The van der Waals surface area contributed by atoms with Gasteiger partial charge in [0.25, 0.3) is 0 Å². The Morgan fingerprint density at radius 2 is 2.14 bits per heavy atom. The van der Waals surface area contributed by atoms with E-state index in [0.29, 0.717) is 5.56 Å². The molecular formula is C9H12FNO2S. The van der Waals surface area contributed by atoms with E-state index in [1.165, 1.54) is 12.1 Å². The summed E-state index contributed by atoms with van der Waals surface area (Å²) in [5, 5.41) is 4.89. The Labute approximate surface area is 82.8 Å². The largest absolute Gasteiger partial charge is 0.229 e. The molecule has 0 aromatic heterocycles. The third-order valence-corrected chi connectivity index (χ3v) is 2.86. The van der Waals surface area contributed by atoms with Crippen molar-refractivity contribution in [1.82, 2.24) is 0 Å². The molecule has 0 heterocycles. The fourth-order valence-corrected chi connectivity index (χ4v) is 2.15. The lowest BCUT2D eigenvalue weighted by atomic mass is 10.0. The summed E-state index contributed by atoms with van der Waals surface area (Å²) >= 11 is 0. The van der Waals surface area contributed by atoms with Gasteiger partial charge >= 0.3 is 0 Å². The van der Waals surface area contributed by atoms with E-state index < -0.39 is 10.0 Å². The lowest BCUT2D eigenvalue weighted by Gasteiger charge is -2.09. The maximum absolute atomic E-state index is 12.8. The highest BCUT2D eigenvalue weighted by Crippen LogP contribution is 2.16. The van der Waals surface area contributed by atoms with Gasteiger partial charge in [-0.2, -0.15) is 0 Å². The Morgan fingerprint density at radius 3 is 2.64 bits per heavy atom. The molecule has 0 aliphatic carbocycles. The van der Waals surface area contributed by atoms with Gasteiger partial charge in [-0.25, -0.2) is 17.9 Å². The van der Waals surface area contributed by atoms with Crippen LogP contribution in [0, 0.1) is 5.82 Å². The van der Waals surface area contributed by atoms with Crippen LogP contribution in [0.5, 0.6) is 0 Å². The zero-order valence-corrected chi connectivity index (χ0v) is 8.59. The molecule has 1 atom stereocenters. The molecule has 2 N–H and O–H groups in total. The van der Waals surface area contributed by atoms with E-state index in [1.807, 2.05) is 0 Å². The predicted molar refractivity (Wildman–Crippen MR) is 52.8 cm³/mol. The number of hydrogen-bond acceptors (Lipinski definition) is 2. The van der Waals surface area contributed by atoms with Crippen molar-refractivity contribution in [2.45, 2.75) is 12.8 Å². The van der Waals surface area contributed by atoms with Crippen molar-refractivity contribution in [3.63, 3.8) is 0 Å². The normalized spacial score (nSPS) is 13.9. The molecule has 3 nitrogen and oxygen atoms in total. The van der Waals surface area contributed by atoms with Gasteiger partial charge in [0.15, 0.2) is 0 Å². The van der Waals surface area contributed by atoms with E-state index in [0.717, 1.165) is 0 Å². The predicted octanol–water partition coefficient (Wildman–Crippen LogP) is 1.22. The van der Waals surface area contributed by atoms with Crippen LogP contribution in [0.3, 0.4) is 0 Å². The van der Waals surface area contributed by atoms with E-state index in [2.05, 4.69) is 0 Å². The Morgan fingerprint density at radius 1 is 1.50 bits per heavy atom. The summed E-state index contributed by atoms with van der Waals surface area (Å²) in [5.41, 5.74) is 0.638. The minimum absolute atomic E-state index is 0.170. The summed E-state index contributed by atoms with van der Waals surface area (Å²) in [6.45, 7) is 1.69. The number of primary sulfonamides is 1. The number of rotatable bonds is 3. The fraction of sp³-hybridized carbons (Fsp3) is 0.333. The van der Waals surface area contributed by atoms with E-state index >= 15 is 0 Å². The van der Waals surface area contributed by atoms with E-state index in [4.69, 9.17) is 5.14 Å². The summed E-state index contributed by atoms with van der Waals surface area (Å²) < 4.78 is 34.3. The summed E-state index contributed by atoms with van der Waals surface area (Å²) in [7, 11) is -3.51. The molecule has 5 heteroatoms. The molecule has 78 valence electrons. The van der Waals surface area contributed by atoms with Crippen LogP contribution < -0.4 is 5.14 Å². The second-order valence-electron chi connectivity index (χ2n) is 3.29. The van der Waals surface area contributed by atoms with Gasteiger partial charge < -0.3 is 0 Å². The number of halogens is 1. The standard InChI is InChI=1S/C9H12FNO2S/c1-7(6-14(11,12)13)8-3-2-4-9(10)5-8/h2-5,7H,6H2,1H3,(H2,11,12,13). The minimum atomic E-state index is -3.51. The number of sulfonamides is 1. The number of hydrogen-bond donors (Lipinski definition) is 1. The van der Waals surface area contributed by atoms with Crippen molar-refractivity contribution in [2.24, 2.45) is 5.14 Å². The maximum atomic E-state index is 12.8. The zero-order chi connectivity index (χ0) is 10.8. The Balaban J connectivity index is 2.85. The molecule has 0 aliphatic rings. The Hall–Kier alpha value is -0.940. The van der Waals surface area contributed by atoms with Crippen LogP contribution >= 0.6 is 0 Å². The fourth-order valence-electron chi connectivity index (χ4n) is 1.26. The van der Waals surface area contributed by atoms with E-state index in [9.17, 15) is 12.8 Å². The molecular weight excluding hydrogens is 205 g/mol. The average Bonchev–Trinajstić information content (AvgIpc) is 2.01.